The summed E-state index contributed by atoms with van der Waals surface area (Å²) in [6.45, 7) is 0.428. The van der Waals surface area contributed by atoms with E-state index in [2.05, 4.69) is 5.10 Å². The number of hydrogen-bond donors (Lipinski definition) is 0. The molecule has 1 aromatic heterocycles. The number of aromatic nitrogens is 2. The molecule has 164 valence electrons. The highest BCUT2D eigenvalue weighted by Gasteiger charge is 2.28. The summed E-state index contributed by atoms with van der Waals surface area (Å²) >= 11 is 0. The monoisotopic (exact) mass is 437 g/mol. The molecular formula is C27H23N3O3. The van der Waals surface area contributed by atoms with E-state index in [0.29, 0.717) is 24.1 Å². The summed E-state index contributed by atoms with van der Waals surface area (Å²) in [6.07, 6.45) is 3.88. The maximum absolute atomic E-state index is 13.1. The van der Waals surface area contributed by atoms with Crippen LogP contribution in [-0.2, 0) is 17.7 Å². The molecule has 2 heterocycles. The molecule has 0 spiro atoms. The molecule has 6 heteroatoms. The molecule has 1 aliphatic heterocycles. The third-order valence-corrected chi connectivity index (χ3v) is 5.82. The molecule has 0 fully saturated rings. The molecule has 1 unspecified atom stereocenters. The summed E-state index contributed by atoms with van der Waals surface area (Å²) in [4.78, 5) is 27.3. The van der Waals surface area contributed by atoms with Gasteiger partial charge in [0.2, 0.25) is 0 Å². The minimum atomic E-state index is -0.356. The van der Waals surface area contributed by atoms with Gasteiger partial charge in [-0.05, 0) is 41.5 Å². The van der Waals surface area contributed by atoms with Gasteiger partial charge in [0, 0.05) is 37.3 Å². The lowest BCUT2D eigenvalue weighted by atomic mass is 9.93. The first kappa shape index (κ1) is 20.7. The van der Waals surface area contributed by atoms with Crippen LogP contribution in [0.25, 0.3) is 5.69 Å². The minimum absolute atomic E-state index is 0.111. The second-order valence-corrected chi connectivity index (χ2v) is 8.17. The van der Waals surface area contributed by atoms with Gasteiger partial charge in [-0.25, -0.2) is 9.48 Å². The van der Waals surface area contributed by atoms with Crippen LogP contribution in [-0.4, -0.2) is 33.6 Å². The van der Waals surface area contributed by atoms with Crippen LogP contribution in [0.3, 0.4) is 0 Å². The van der Waals surface area contributed by atoms with Crippen LogP contribution in [0.1, 0.15) is 43.5 Å². The average Bonchev–Trinajstić information content (AvgIpc) is 3.32. The lowest BCUT2D eigenvalue weighted by molar-refractivity contribution is 0.0252. The molecular weight excluding hydrogens is 414 g/mol. The number of amides is 1. The van der Waals surface area contributed by atoms with Crippen molar-refractivity contribution < 1.29 is 14.3 Å². The van der Waals surface area contributed by atoms with Crippen molar-refractivity contribution in [3.63, 3.8) is 0 Å². The second-order valence-electron chi connectivity index (χ2n) is 8.17. The van der Waals surface area contributed by atoms with Crippen LogP contribution in [0, 0.1) is 0 Å². The largest absolute Gasteiger partial charge is 0.454 e. The fourth-order valence-corrected chi connectivity index (χ4v) is 4.11. The number of fused-ring (bicyclic) bond motifs is 1. The summed E-state index contributed by atoms with van der Waals surface area (Å²) in [6, 6.07) is 24.7. The van der Waals surface area contributed by atoms with E-state index in [1.54, 1.807) is 35.0 Å². The molecule has 5 rings (SSSR count). The fourth-order valence-electron chi connectivity index (χ4n) is 4.11. The van der Waals surface area contributed by atoms with Crippen molar-refractivity contribution in [2.24, 2.45) is 0 Å². The smallest absolute Gasteiger partial charge is 0.339 e. The Hall–Kier alpha value is -4.19. The van der Waals surface area contributed by atoms with Crippen molar-refractivity contribution in [1.29, 1.82) is 0 Å². The maximum Gasteiger partial charge on any atom is 0.339 e. The molecule has 1 amide bonds. The number of hydrogen-bond acceptors (Lipinski definition) is 4. The maximum atomic E-state index is 13.1. The van der Waals surface area contributed by atoms with Gasteiger partial charge >= 0.3 is 5.97 Å². The van der Waals surface area contributed by atoms with Gasteiger partial charge in [0.05, 0.1) is 17.4 Å². The molecule has 0 radical (unpaired) electrons. The van der Waals surface area contributed by atoms with Gasteiger partial charge in [-0.2, -0.15) is 5.10 Å². The lowest BCUT2D eigenvalue weighted by Gasteiger charge is -2.26. The van der Waals surface area contributed by atoms with Crippen molar-refractivity contribution in [3.05, 3.63) is 119 Å². The van der Waals surface area contributed by atoms with Crippen molar-refractivity contribution in [3.8, 4) is 5.69 Å². The molecule has 1 aliphatic rings. The quantitative estimate of drug-likeness (QED) is 0.428. The van der Waals surface area contributed by atoms with Crippen molar-refractivity contribution in [2.45, 2.75) is 19.1 Å². The first-order valence-electron chi connectivity index (χ1n) is 10.8. The first-order chi connectivity index (χ1) is 16.1. The molecule has 3 aromatic carbocycles. The fraction of sp³-hybridized carbons (Fsp3) is 0.148. The Bertz CT molecular complexity index is 1300. The summed E-state index contributed by atoms with van der Waals surface area (Å²) in [5, 5.41) is 4.40. The van der Waals surface area contributed by atoms with Crippen LogP contribution in [0.4, 0.5) is 0 Å². The number of para-hydroxylation sites is 1. The summed E-state index contributed by atoms with van der Waals surface area (Å²) in [5.41, 5.74) is 4.74. The number of nitrogens with zero attached hydrogens (tertiary/aromatic N) is 3. The molecule has 0 saturated heterocycles. The van der Waals surface area contributed by atoms with E-state index in [4.69, 9.17) is 4.74 Å². The number of ether oxygens (including phenoxy) is 1. The highest BCUT2D eigenvalue weighted by atomic mass is 16.5. The first-order valence-corrected chi connectivity index (χ1v) is 10.8. The molecule has 4 aromatic rings. The van der Waals surface area contributed by atoms with E-state index >= 15 is 0 Å². The van der Waals surface area contributed by atoms with Gasteiger partial charge in [0.1, 0.15) is 6.10 Å². The predicted octanol–water partition coefficient (Wildman–Crippen LogP) is 4.60. The molecule has 6 nitrogen and oxygen atoms in total. The third kappa shape index (κ3) is 4.28. The summed E-state index contributed by atoms with van der Waals surface area (Å²) in [5.74, 6) is -0.466. The standard InChI is InChI=1S/C27H23N3O3/c1-29(17-19-16-28-30(18-19)23-10-6-3-7-11-23)26(31)21-12-13-24-22(14-21)15-25(33-27(24)32)20-8-4-2-5-9-20/h2-14,16,18,25H,15,17H2,1H3. The number of esters is 1. The molecule has 0 bridgehead atoms. The Labute approximate surface area is 192 Å². The number of benzene rings is 3. The topological polar surface area (TPSA) is 64.4 Å². The van der Waals surface area contributed by atoms with Crippen molar-refractivity contribution in [2.75, 3.05) is 7.05 Å². The van der Waals surface area contributed by atoms with Crippen LogP contribution in [0.2, 0.25) is 0 Å². The highest BCUT2D eigenvalue weighted by molar-refractivity contribution is 5.97. The van der Waals surface area contributed by atoms with Gasteiger partial charge in [-0.15, -0.1) is 0 Å². The third-order valence-electron chi connectivity index (χ3n) is 5.82. The van der Waals surface area contributed by atoms with Crippen LogP contribution in [0.15, 0.2) is 91.3 Å². The van der Waals surface area contributed by atoms with Gasteiger partial charge in [0.25, 0.3) is 5.91 Å². The van der Waals surface area contributed by atoms with E-state index in [0.717, 1.165) is 22.4 Å². The zero-order valence-electron chi connectivity index (χ0n) is 18.2. The van der Waals surface area contributed by atoms with E-state index < -0.39 is 0 Å². The molecule has 0 saturated carbocycles. The number of carbonyl (C=O) groups excluding carboxylic acids is 2. The highest BCUT2D eigenvalue weighted by Crippen LogP contribution is 2.31. The molecule has 1 atom stereocenters. The molecule has 0 aliphatic carbocycles. The van der Waals surface area contributed by atoms with E-state index in [-0.39, 0.29) is 18.0 Å². The normalized spacial score (nSPS) is 14.9. The Kier molecular flexibility index (Phi) is 5.48. The van der Waals surface area contributed by atoms with Gasteiger partial charge in [-0.3, -0.25) is 4.79 Å². The van der Waals surface area contributed by atoms with Crippen molar-refractivity contribution >= 4 is 11.9 Å². The van der Waals surface area contributed by atoms with Crippen LogP contribution in [0.5, 0.6) is 0 Å². The second kappa shape index (κ2) is 8.74. The summed E-state index contributed by atoms with van der Waals surface area (Å²) in [7, 11) is 1.77. The van der Waals surface area contributed by atoms with E-state index in [1.165, 1.54) is 0 Å². The Morgan fingerprint density at radius 1 is 1.06 bits per heavy atom. The van der Waals surface area contributed by atoms with Gasteiger partial charge < -0.3 is 9.64 Å². The number of rotatable bonds is 5. The summed E-state index contributed by atoms with van der Waals surface area (Å²) < 4.78 is 7.41. The van der Waals surface area contributed by atoms with Crippen LogP contribution < -0.4 is 0 Å². The van der Waals surface area contributed by atoms with E-state index in [1.807, 2.05) is 72.9 Å². The average molecular weight is 437 g/mol. The number of cyclic esters (lactones) is 1. The number of carbonyl (C=O) groups is 2. The predicted molar refractivity (Wildman–Crippen MR) is 124 cm³/mol. The zero-order chi connectivity index (χ0) is 22.8. The van der Waals surface area contributed by atoms with Gasteiger partial charge in [0.15, 0.2) is 0 Å². The Morgan fingerprint density at radius 2 is 1.79 bits per heavy atom. The SMILES string of the molecule is CN(Cc1cnn(-c2ccccc2)c1)C(=O)c1ccc2c(c1)CC(c1ccccc1)OC2=O. The Morgan fingerprint density at radius 3 is 2.55 bits per heavy atom. The molecule has 0 N–H and O–H groups in total. The van der Waals surface area contributed by atoms with Crippen molar-refractivity contribution in [1.82, 2.24) is 14.7 Å². The van der Waals surface area contributed by atoms with Gasteiger partial charge in [-0.1, -0.05) is 48.5 Å². The van der Waals surface area contributed by atoms with Crippen LogP contribution >= 0.6 is 0 Å². The zero-order valence-corrected chi connectivity index (χ0v) is 18.2. The minimum Gasteiger partial charge on any atom is -0.454 e. The lowest BCUT2D eigenvalue weighted by Crippen LogP contribution is -2.27. The molecule has 33 heavy (non-hydrogen) atoms. The Balaban J connectivity index is 1.32. The van der Waals surface area contributed by atoms with E-state index in [9.17, 15) is 9.59 Å².